The van der Waals surface area contributed by atoms with Gasteiger partial charge < -0.3 is 15.2 Å². The Morgan fingerprint density at radius 3 is 2.15 bits per heavy atom. The number of ether oxygens (including phenoxy) is 2. The molecule has 2 atom stereocenters. The van der Waals surface area contributed by atoms with Crippen LogP contribution < -0.4 is 5.73 Å². The molecule has 1 aliphatic carbocycles. The van der Waals surface area contributed by atoms with E-state index in [9.17, 15) is 31.1 Å². The lowest BCUT2D eigenvalue weighted by Gasteiger charge is -2.27. The Morgan fingerprint density at radius 1 is 1.25 bits per heavy atom. The van der Waals surface area contributed by atoms with Crippen LogP contribution in [-0.4, -0.2) is 43.2 Å². The van der Waals surface area contributed by atoms with Gasteiger partial charge in [0.25, 0.3) is 0 Å². The molecule has 118 valence electrons. The third kappa shape index (κ3) is 3.75. The van der Waals surface area contributed by atoms with Gasteiger partial charge in [0.15, 0.2) is 0 Å². The van der Waals surface area contributed by atoms with E-state index in [1.54, 1.807) is 0 Å². The van der Waals surface area contributed by atoms with E-state index < -0.39 is 42.5 Å². The fraction of sp³-hybridized carbons (Fsp3) is 0.900. The van der Waals surface area contributed by atoms with Gasteiger partial charge in [-0.1, -0.05) is 0 Å². The number of carbonyl (C=O) groups is 1. The topological polar surface area (TPSA) is 61.5 Å². The van der Waals surface area contributed by atoms with E-state index in [0.717, 1.165) is 7.11 Å². The maximum absolute atomic E-state index is 12.3. The second-order valence-corrected chi connectivity index (χ2v) is 4.61. The summed E-state index contributed by atoms with van der Waals surface area (Å²) in [6, 6.07) is 0. The maximum atomic E-state index is 12.3. The van der Waals surface area contributed by atoms with Gasteiger partial charge in [0.05, 0.1) is 13.2 Å². The lowest BCUT2D eigenvalue weighted by molar-refractivity contribution is -0.330. The van der Waals surface area contributed by atoms with Crippen LogP contribution in [0.2, 0.25) is 0 Å². The van der Waals surface area contributed by atoms with Crippen molar-refractivity contribution in [3.05, 3.63) is 0 Å². The van der Waals surface area contributed by atoms with Crippen molar-refractivity contribution in [2.24, 2.45) is 5.73 Å². The summed E-state index contributed by atoms with van der Waals surface area (Å²) in [7, 11) is 1.03. The number of nitrogens with two attached hydrogens (primary N) is 1. The molecule has 1 fully saturated rings. The minimum atomic E-state index is -5.58. The summed E-state index contributed by atoms with van der Waals surface area (Å²) in [5.41, 5.74) is 3.97. The highest BCUT2D eigenvalue weighted by molar-refractivity contribution is 5.80. The molecule has 0 heterocycles. The Kier molecular flexibility index (Phi) is 4.59. The molecule has 4 nitrogen and oxygen atoms in total. The number of halogens is 6. The maximum Gasteiger partial charge on any atom is 0.423 e. The number of alkyl halides is 6. The fourth-order valence-corrected chi connectivity index (χ4v) is 2.07. The quantitative estimate of drug-likeness (QED) is 0.639. The van der Waals surface area contributed by atoms with E-state index in [2.05, 4.69) is 9.47 Å². The minimum Gasteiger partial charge on any atom is -0.468 e. The van der Waals surface area contributed by atoms with Crippen LogP contribution in [0.1, 0.15) is 19.3 Å². The first-order valence-corrected chi connectivity index (χ1v) is 5.56. The van der Waals surface area contributed by atoms with Crippen molar-refractivity contribution in [3.63, 3.8) is 0 Å². The third-order valence-electron chi connectivity index (χ3n) is 3.02. The molecule has 0 saturated heterocycles. The van der Waals surface area contributed by atoms with Gasteiger partial charge in [0, 0.05) is 6.42 Å². The van der Waals surface area contributed by atoms with Crippen molar-refractivity contribution in [1.82, 2.24) is 0 Å². The highest BCUT2D eigenvalue weighted by Gasteiger charge is 2.59. The van der Waals surface area contributed by atoms with Gasteiger partial charge in [-0.05, 0) is 12.8 Å². The van der Waals surface area contributed by atoms with Gasteiger partial charge in [-0.25, -0.2) is 0 Å². The molecule has 0 amide bonds. The van der Waals surface area contributed by atoms with Crippen LogP contribution in [-0.2, 0) is 14.3 Å². The van der Waals surface area contributed by atoms with Crippen molar-refractivity contribution in [2.75, 3.05) is 7.11 Å². The summed E-state index contributed by atoms with van der Waals surface area (Å²) in [6.45, 7) is 0. The van der Waals surface area contributed by atoms with E-state index in [-0.39, 0.29) is 12.8 Å². The van der Waals surface area contributed by atoms with Gasteiger partial charge in [-0.2, -0.15) is 26.3 Å². The number of hydrogen-bond acceptors (Lipinski definition) is 4. The molecule has 2 unspecified atom stereocenters. The monoisotopic (exact) mass is 309 g/mol. The number of rotatable bonds is 3. The zero-order valence-corrected chi connectivity index (χ0v) is 10.3. The third-order valence-corrected chi connectivity index (χ3v) is 3.02. The van der Waals surface area contributed by atoms with Crippen molar-refractivity contribution >= 4 is 5.97 Å². The molecule has 20 heavy (non-hydrogen) atoms. The van der Waals surface area contributed by atoms with Crippen LogP contribution in [0.4, 0.5) is 26.3 Å². The van der Waals surface area contributed by atoms with Crippen molar-refractivity contribution in [2.45, 2.75) is 49.4 Å². The molecule has 0 aliphatic heterocycles. The number of methoxy groups -OCH3 is 1. The molecule has 2 N–H and O–H groups in total. The summed E-state index contributed by atoms with van der Waals surface area (Å²) < 4.78 is 82.4. The Bertz CT molecular complexity index is 355. The summed E-state index contributed by atoms with van der Waals surface area (Å²) in [5.74, 6) is -0.890. The lowest BCUT2D eigenvalue weighted by atomic mass is 10.00. The molecule has 1 rings (SSSR count). The van der Waals surface area contributed by atoms with E-state index in [0.29, 0.717) is 0 Å². The minimum absolute atomic E-state index is 0.104. The predicted octanol–water partition coefficient (Wildman–Crippen LogP) is 1.92. The molecular weight excluding hydrogens is 296 g/mol. The number of hydrogen-bond donors (Lipinski definition) is 1. The fourth-order valence-electron chi connectivity index (χ4n) is 2.07. The average molecular weight is 309 g/mol. The van der Waals surface area contributed by atoms with Crippen LogP contribution in [0.15, 0.2) is 0 Å². The van der Waals surface area contributed by atoms with Gasteiger partial charge in [0.1, 0.15) is 5.54 Å². The molecule has 1 saturated carbocycles. The molecule has 10 heteroatoms. The lowest BCUT2D eigenvalue weighted by Crippen LogP contribution is -2.49. The van der Waals surface area contributed by atoms with Crippen LogP contribution in [0.5, 0.6) is 0 Å². The molecular formula is C10H13F6NO3. The molecule has 0 spiro atoms. The molecule has 0 aromatic carbocycles. The summed E-state index contributed by atoms with van der Waals surface area (Å²) in [6.07, 6.45) is -17.2. The van der Waals surface area contributed by atoms with Crippen LogP contribution in [0.3, 0.4) is 0 Å². The van der Waals surface area contributed by atoms with Crippen molar-refractivity contribution in [1.29, 1.82) is 0 Å². The van der Waals surface area contributed by atoms with E-state index >= 15 is 0 Å². The average Bonchev–Trinajstić information content (AvgIpc) is 2.65. The Labute approximate surface area is 110 Å². The van der Waals surface area contributed by atoms with Crippen molar-refractivity contribution < 1.29 is 40.6 Å². The van der Waals surface area contributed by atoms with Crippen LogP contribution >= 0.6 is 0 Å². The van der Waals surface area contributed by atoms with Crippen LogP contribution in [0.25, 0.3) is 0 Å². The Balaban J connectivity index is 2.77. The van der Waals surface area contributed by atoms with Gasteiger partial charge in [0.2, 0.25) is 6.10 Å². The van der Waals surface area contributed by atoms with Gasteiger partial charge in [-0.3, -0.25) is 4.79 Å². The molecule has 0 bridgehead atoms. The first-order valence-electron chi connectivity index (χ1n) is 5.56. The van der Waals surface area contributed by atoms with E-state index in [1.807, 2.05) is 0 Å². The second kappa shape index (κ2) is 5.40. The Hall–Kier alpha value is -1.03. The summed E-state index contributed by atoms with van der Waals surface area (Å²) >= 11 is 0. The summed E-state index contributed by atoms with van der Waals surface area (Å²) in [5, 5.41) is 0. The number of esters is 1. The highest BCUT2D eigenvalue weighted by Crippen LogP contribution is 2.40. The van der Waals surface area contributed by atoms with E-state index in [4.69, 9.17) is 5.73 Å². The normalized spacial score (nSPS) is 27.9. The predicted molar refractivity (Wildman–Crippen MR) is 53.6 cm³/mol. The summed E-state index contributed by atoms with van der Waals surface area (Å²) in [4.78, 5) is 11.3. The second-order valence-electron chi connectivity index (χ2n) is 4.61. The van der Waals surface area contributed by atoms with E-state index in [1.165, 1.54) is 0 Å². The standard InChI is InChI=1S/C10H13F6NO3/c1-19-7(18)8(17)3-2-5(4-8)20-6(9(11,12)13)10(14,15)16/h5-6H,2-4,17H2,1H3. The highest BCUT2D eigenvalue weighted by atomic mass is 19.4. The number of carbonyl (C=O) groups excluding carboxylic acids is 1. The molecule has 1 aliphatic rings. The first-order chi connectivity index (χ1) is 8.90. The molecule has 0 aromatic rings. The van der Waals surface area contributed by atoms with Crippen LogP contribution in [0, 0.1) is 0 Å². The largest absolute Gasteiger partial charge is 0.468 e. The zero-order chi connectivity index (χ0) is 15.8. The van der Waals surface area contributed by atoms with Crippen molar-refractivity contribution in [3.8, 4) is 0 Å². The first kappa shape index (κ1) is 17.0. The zero-order valence-electron chi connectivity index (χ0n) is 10.3. The van der Waals surface area contributed by atoms with Gasteiger partial charge >= 0.3 is 18.3 Å². The SMILES string of the molecule is COC(=O)C1(N)CCC(OC(C(F)(F)F)C(F)(F)F)C1. The Morgan fingerprint density at radius 2 is 1.75 bits per heavy atom. The van der Waals surface area contributed by atoms with Gasteiger partial charge in [-0.15, -0.1) is 0 Å². The molecule has 0 aromatic heterocycles. The smallest absolute Gasteiger partial charge is 0.423 e. The molecule has 0 radical (unpaired) electrons.